The molecule has 0 atom stereocenters. The maximum Gasteiger partial charge on any atom is 0.308 e. The Morgan fingerprint density at radius 2 is 1.75 bits per heavy atom. The third-order valence-electron chi connectivity index (χ3n) is 4.77. The van der Waals surface area contributed by atoms with Gasteiger partial charge in [0.1, 0.15) is 5.76 Å². The number of hydrogen-bond donors (Lipinski definition) is 1. The van der Waals surface area contributed by atoms with Gasteiger partial charge in [0.2, 0.25) is 0 Å². The molecule has 0 heterocycles. The number of anilines is 1. The standard InChI is InChI=1S/C22H19NO4S/c1-14-12-20-19(22(14)27-15(2)24)8-5-9-21(20)23-28(25,26)18-11-10-16-6-3-4-7-17(16)13-18/h3-11,13,23H,12H2,1-2H3. The monoisotopic (exact) mass is 393 g/mol. The van der Waals surface area contributed by atoms with E-state index in [1.807, 2.05) is 37.3 Å². The average molecular weight is 393 g/mol. The first-order valence-corrected chi connectivity index (χ1v) is 10.4. The largest absolute Gasteiger partial charge is 0.426 e. The maximum absolute atomic E-state index is 13.0. The number of benzene rings is 3. The Morgan fingerprint density at radius 1 is 1.00 bits per heavy atom. The van der Waals surface area contributed by atoms with Crippen molar-refractivity contribution < 1.29 is 17.9 Å². The van der Waals surface area contributed by atoms with E-state index < -0.39 is 16.0 Å². The van der Waals surface area contributed by atoms with Gasteiger partial charge in [0, 0.05) is 12.5 Å². The smallest absolute Gasteiger partial charge is 0.308 e. The minimum absolute atomic E-state index is 0.201. The van der Waals surface area contributed by atoms with Crippen LogP contribution in [0.5, 0.6) is 0 Å². The van der Waals surface area contributed by atoms with Crippen LogP contribution >= 0.6 is 0 Å². The van der Waals surface area contributed by atoms with Gasteiger partial charge >= 0.3 is 5.97 Å². The Kier molecular flexibility index (Phi) is 4.43. The third kappa shape index (κ3) is 3.27. The van der Waals surface area contributed by atoms with E-state index in [9.17, 15) is 13.2 Å². The van der Waals surface area contributed by atoms with Crippen molar-refractivity contribution in [1.29, 1.82) is 0 Å². The van der Waals surface area contributed by atoms with Gasteiger partial charge in [-0.1, -0.05) is 42.5 Å². The van der Waals surface area contributed by atoms with Crippen molar-refractivity contribution in [2.24, 2.45) is 0 Å². The molecule has 142 valence electrons. The molecule has 5 nitrogen and oxygen atoms in total. The molecule has 0 fully saturated rings. The maximum atomic E-state index is 13.0. The lowest BCUT2D eigenvalue weighted by molar-refractivity contribution is -0.134. The molecule has 3 aromatic rings. The fraction of sp³-hybridized carbons (Fsp3) is 0.136. The van der Waals surface area contributed by atoms with Crippen LogP contribution in [-0.4, -0.2) is 14.4 Å². The van der Waals surface area contributed by atoms with Gasteiger partial charge in [-0.15, -0.1) is 0 Å². The molecule has 3 aromatic carbocycles. The summed E-state index contributed by atoms with van der Waals surface area (Å²) in [6.45, 7) is 3.23. The molecule has 6 heteroatoms. The van der Waals surface area contributed by atoms with Gasteiger partial charge < -0.3 is 4.74 Å². The summed E-state index contributed by atoms with van der Waals surface area (Å²) in [6.07, 6.45) is 0.522. The molecule has 0 saturated carbocycles. The lowest BCUT2D eigenvalue weighted by Crippen LogP contribution is -2.14. The molecule has 1 aliphatic rings. The van der Waals surface area contributed by atoms with Crippen LogP contribution in [0, 0.1) is 0 Å². The average Bonchev–Trinajstić information content (AvgIpc) is 2.97. The highest BCUT2D eigenvalue weighted by Gasteiger charge is 2.26. The number of allylic oxidation sites excluding steroid dienone is 1. The molecular formula is C22H19NO4S. The SMILES string of the molecule is CC(=O)OC1=C(C)Cc2c(NS(=O)(=O)c3ccc4ccccc4c3)cccc21. The summed E-state index contributed by atoms with van der Waals surface area (Å²) in [5.74, 6) is 0.110. The quantitative estimate of drug-likeness (QED) is 0.663. The van der Waals surface area contributed by atoms with Crippen molar-refractivity contribution >= 4 is 38.2 Å². The normalized spacial score (nSPS) is 13.5. The summed E-state index contributed by atoms with van der Waals surface area (Å²) in [7, 11) is -3.76. The van der Waals surface area contributed by atoms with Crippen LogP contribution in [0.25, 0.3) is 16.5 Å². The van der Waals surface area contributed by atoms with Crippen LogP contribution in [0.3, 0.4) is 0 Å². The van der Waals surface area contributed by atoms with E-state index in [1.165, 1.54) is 6.92 Å². The van der Waals surface area contributed by atoms with E-state index in [4.69, 9.17) is 4.74 Å². The highest BCUT2D eigenvalue weighted by Crippen LogP contribution is 2.38. The van der Waals surface area contributed by atoms with Crippen LogP contribution in [0.2, 0.25) is 0 Å². The van der Waals surface area contributed by atoms with E-state index >= 15 is 0 Å². The molecule has 0 aromatic heterocycles. The van der Waals surface area contributed by atoms with Crippen LogP contribution in [0.4, 0.5) is 5.69 Å². The van der Waals surface area contributed by atoms with Gasteiger partial charge in [-0.2, -0.15) is 0 Å². The molecular weight excluding hydrogens is 374 g/mol. The zero-order valence-electron chi connectivity index (χ0n) is 15.5. The topological polar surface area (TPSA) is 72.5 Å². The van der Waals surface area contributed by atoms with Crippen molar-refractivity contribution in [2.75, 3.05) is 4.72 Å². The number of carbonyl (C=O) groups excluding carboxylic acids is 1. The van der Waals surface area contributed by atoms with Gasteiger partial charge in [-0.05, 0) is 53.5 Å². The van der Waals surface area contributed by atoms with Gasteiger partial charge in [-0.25, -0.2) is 8.42 Å². The summed E-state index contributed by atoms with van der Waals surface area (Å²) in [4.78, 5) is 11.6. The van der Waals surface area contributed by atoms with Crippen molar-refractivity contribution in [2.45, 2.75) is 25.2 Å². The fourth-order valence-corrected chi connectivity index (χ4v) is 4.61. The van der Waals surface area contributed by atoms with Crippen molar-refractivity contribution in [1.82, 2.24) is 0 Å². The predicted octanol–water partition coefficient (Wildman–Crippen LogP) is 4.49. The van der Waals surface area contributed by atoms with E-state index in [0.29, 0.717) is 17.9 Å². The number of esters is 1. The number of hydrogen-bond acceptors (Lipinski definition) is 4. The zero-order chi connectivity index (χ0) is 19.9. The highest BCUT2D eigenvalue weighted by atomic mass is 32.2. The van der Waals surface area contributed by atoms with E-state index in [2.05, 4.69) is 4.72 Å². The van der Waals surface area contributed by atoms with Crippen LogP contribution < -0.4 is 4.72 Å². The van der Waals surface area contributed by atoms with Gasteiger partial charge in [0.15, 0.2) is 0 Å². The number of ether oxygens (including phenoxy) is 1. The summed E-state index contributed by atoms with van der Waals surface area (Å²) in [5.41, 5.74) is 2.93. The van der Waals surface area contributed by atoms with E-state index in [1.54, 1.807) is 30.3 Å². The van der Waals surface area contributed by atoms with Crippen LogP contribution in [-0.2, 0) is 26.0 Å². The molecule has 0 saturated heterocycles. The van der Waals surface area contributed by atoms with E-state index in [-0.39, 0.29) is 4.90 Å². The lowest BCUT2D eigenvalue weighted by atomic mass is 10.1. The lowest BCUT2D eigenvalue weighted by Gasteiger charge is -2.13. The first-order valence-electron chi connectivity index (χ1n) is 8.87. The van der Waals surface area contributed by atoms with E-state index in [0.717, 1.165) is 27.5 Å². The number of rotatable bonds is 4. The second-order valence-corrected chi connectivity index (χ2v) is 8.51. The second kappa shape index (κ2) is 6.80. The number of nitrogens with one attached hydrogen (secondary N) is 1. The molecule has 0 amide bonds. The fourth-order valence-electron chi connectivity index (χ4n) is 3.49. The predicted molar refractivity (Wildman–Crippen MR) is 109 cm³/mol. The number of fused-ring (bicyclic) bond motifs is 2. The minimum atomic E-state index is -3.76. The second-order valence-electron chi connectivity index (χ2n) is 6.83. The summed E-state index contributed by atoms with van der Waals surface area (Å²) < 4.78 is 34.0. The van der Waals surface area contributed by atoms with Crippen molar-refractivity contribution in [3.63, 3.8) is 0 Å². The van der Waals surface area contributed by atoms with Crippen molar-refractivity contribution in [3.8, 4) is 0 Å². The van der Waals surface area contributed by atoms with Crippen molar-refractivity contribution in [3.05, 3.63) is 77.4 Å². The van der Waals surface area contributed by atoms with Gasteiger partial charge in [-0.3, -0.25) is 9.52 Å². The molecule has 0 aliphatic heterocycles. The van der Waals surface area contributed by atoms with Gasteiger partial charge in [0.25, 0.3) is 10.0 Å². The number of carbonyl (C=O) groups is 1. The molecule has 0 radical (unpaired) electrons. The van der Waals surface area contributed by atoms with Crippen LogP contribution in [0.15, 0.2) is 71.1 Å². The Labute approximate surface area is 163 Å². The Morgan fingerprint density at radius 3 is 2.50 bits per heavy atom. The molecule has 1 N–H and O–H groups in total. The Balaban J connectivity index is 1.70. The molecule has 0 spiro atoms. The van der Waals surface area contributed by atoms with Crippen LogP contribution in [0.1, 0.15) is 25.0 Å². The third-order valence-corrected chi connectivity index (χ3v) is 6.13. The molecule has 0 bridgehead atoms. The molecule has 28 heavy (non-hydrogen) atoms. The first-order chi connectivity index (χ1) is 13.3. The summed E-state index contributed by atoms with van der Waals surface area (Å²) >= 11 is 0. The zero-order valence-corrected chi connectivity index (χ0v) is 16.3. The molecule has 4 rings (SSSR count). The molecule has 0 unspecified atom stereocenters. The number of sulfonamides is 1. The Bertz CT molecular complexity index is 1240. The van der Waals surface area contributed by atoms with Gasteiger partial charge in [0.05, 0.1) is 10.6 Å². The minimum Gasteiger partial charge on any atom is -0.426 e. The summed E-state index contributed by atoms with van der Waals surface area (Å²) in [6, 6.07) is 18.0. The Hall–Kier alpha value is -3.12. The first kappa shape index (κ1) is 18.3. The summed E-state index contributed by atoms with van der Waals surface area (Å²) in [5, 5.41) is 1.84. The molecule has 1 aliphatic carbocycles. The highest BCUT2D eigenvalue weighted by molar-refractivity contribution is 7.92.